The normalized spacial score (nSPS) is 25.3. The molecule has 0 aliphatic carbocycles. The lowest BCUT2D eigenvalue weighted by molar-refractivity contribution is -0.129. The van der Waals surface area contributed by atoms with Crippen LogP contribution in [0.1, 0.15) is 24.8 Å². The van der Waals surface area contributed by atoms with Gasteiger partial charge in [-0.2, -0.15) is 0 Å². The molecule has 0 unspecified atom stereocenters. The van der Waals surface area contributed by atoms with Crippen LogP contribution in [0, 0.1) is 0 Å². The zero-order valence-corrected chi connectivity index (χ0v) is 11.9. The van der Waals surface area contributed by atoms with Crippen LogP contribution in [0.25, 0.3) is 0 Å². The molecule has 1 aromatic carbocycles. The lowest BCUT2D eigenvalue weighted by Crippen LogP contribution is -2.36. The lowest BCUT2D eigenvalue weighted by atomic mass is 10.1. The summed E-state index contributed by atoms with van der Waals surface area (Å²) in [7, 11) is 0. The van der Waals surface area contributed by atoms with E-state index >= 15 is 0 Å². The monoisotopic (exact) mass is 280 g/mol. The molecule has 0 saturated carbocycles. The minimum absolute atomic E-state index is 0. The standard InChI is InChI=1S/C15H20N2O.ClH/c18-15-11-13-14(8-9-16-13)17(15)10-4-7-12-5-2-1-3-6-12;/h1-3,5-6,13-14,16H,4,7-11H2;1H/t13-,14-;/m1./s1. The average Bonchev–Trinajstić information content (AvgIpc) is 2.93. The zero-order valence-electron chi connectivity index (χ0n) is 11.0. The number of fused-ring (bicyclic) bond motifs is 1. The summed E-state index contributed by atoms with van der Waals surface area (Å²) in [4.78, 5) is 14.0. The van der Waals surface area contributed by atoms with Gasteiger partial charge in [0.25, 0.3) is 0 Å². The topological polar surface area (TPSA) is 32.3 Å². The number of likely N-dealkylation sites (tertiary alicyclic amines) is 1. The van der Waals surface area contributed by atoms with E-state index in [0.717, 1.165) is 32.4 Å². The Hall–Kier alpha value is -1.06. The first-order valence-corrected chi connectivity index (χ1v) is 6.91. The third-order valence-corrected chi connectivity index (χ3v) is 4.13. The van der Waals surface area contributed by atoms with Crippen molar-refractivity contribution < 1.29 is 4.79 Å². The van der Waals surface area contributed by atoms with Crippen LogP contribution in [-0.4, -0.2) is 36.0 Å². The number of carbonyl (C=O) groups excluding carboxylic acids is 1. The largest absolute Gasteiger partial charge is 0.338 e. The number of hydrogen-bond acceptors (Lipinski definition) is 2. The molecule has 1 N–H and O–H groups in total. The summed E-state index contributed by atoms with van der Waals surface area (Å²) in [5.74, 6) is 0.338. The highest BCUT2D eigenvalue weighted by Gasteiger charge is 2.41. The Morgan fingerprint density at radius 1 is 1.26 bits per heavy atom. The zero-order chi connectivity index (χ0) is 12.4. The molecule has 2 fully saturated rings. The van der Waals surface area contributed by atoms with Crippen molar-refractivity contribution in [2.24, 2.45) is 0 Å². The van der Waals surface area contributed by atoms with Gasteiger partial charge in [-0.25, -0.2) is 0 Å². The predicted molar refractivity (Wildman–Crippen MR) is 78.5 cm³/mol. The fourth-order valence-corrected chi connectivity index (χ4v) is 3.21. The van der Waals surface area contributed by atoms with Gasteiger partial charge in [-0.1, -0.05) is 30.3 Å². The Kier molecular flexibility index (Phi) is 4.83. The lowest BCUT2D eigenvalue weighted by Gasteiger charge is -2.23. The van der Waals surface area contributed by atoms with Gasteiger partial charge in [0, 0.05) is 25.0 Å². The highest BCUT2D eigenvalue weighted by atomic mass is 35.5. The van der Waals surface area contributed by atoms with Crippen LogP contribution in [-0.2, 0) is 11.2 Å². The number of amides is 1. The Bertz CT molecular complexity index is 423. The first kappa shape index (κ1) is 14.4. The van der Waals surface area contributed by atoms with E-state index in [2.05, 4.69) is 34.5 Å². The second-order valence-corrected chi connectivity index (χ2v) is 5.30. The van der Waals surface area contributed by atoms with Crippen LogP contribution in [0.15, 0.2) is 30.3 Å². The number of rotatable bonds is 4. The van der Waals surface area contributed by atoms with Crippen molar-refractivity contribution in [2.75, 3.05) is 13.1 Å². The summed E-state index contributed by atoms with van der Waals surface area (Å²) in [6.45, 7) is 1.98. The number of nitrogens with zero attached hydrogens (tertiary/aromatic N) is 1. The first-order chi connectivity index (χ1) is 8.84. The van der Waals surface area contributed by atoms with Crippen LogP contribution in [0.5, 0.6) is 0 Å². The molecule has 2 aliphatic rings. The molecule has 0 spiro atoms. The van der Waals surface area contributed by atoms with E-state index in [9.17, 15) is 4.79 Å². The van der Waals surface area contributed by atoms with Crippen molar-refractivity contribution in [1.82, 2.24) is 10.2 Å². The molecular weight excluding hydrogens is 260 g/mol. The summed E-state index contributed by atoms with van der Waals surface area (Å²) in [5.41, 5.74) is 1.37. The Balaban J connectivity index is 0.00000133. The van der Waals surface area contributed by atoms with Crippen LogP contribution in [0.3, 0.4) is 0 Å². The highest BCUT2D eigenvalue weighted by molar-refractivity contribution is 5.85. The average molecular weight is 281 g/mol. The number of aryl methyl sites for hydroxylation is 1. The summed E-state index contributed by atoms with van der Waals surface area (Å²) in [6, 6.07) is 11.4. The smallest absolute Gasteiger partial charge is 0.224 e. The SMILES string of the molecule is Cl.O=C1C[C@H]2NCC[C@H]2N1CCCc1ccccc1. The van der Waals surface area contributed by atoms with E-state index in [1.807, 2.05) is 6.07 Å². The number of hydrogen-bond donors (Lipinski definition) is 1. The van der Waals surface area contributed by atoms with E-state index < -0.39 is 0 Å². The molecule has 2 saturated heterocycles. The maximum atomic E-state index is 11.9. The van der Waals surface area contributed by atoms with Gasteiger partial charge in [-0.15, -0.1) is 12.4 Å². The van der Waals surface area contributed by atoms with Gasteiger partial charge in [0.1, 0.15) is 0 Å². The predicted octanol–water partition coefficient (Wildman–Crippen LogP) is 2.00. The molecular formula is C15H21ClN2O. The Morgan fingerprint density at radius 3 is 2.84 bits per heavy atom. The summed E-state index contributed by atoms with van der Waals surface area (Å²) in [5, 5.41) is 3.42. The van der Waals surface area contributed by atoms with Crippen LogP contribution >= 0.6 is 12.4 Å². The molecule has 2 atom stereocenters. The third-order valence-electron chi connectivity index (χ3n) is 4.13. The third kappa shape index (κ3) is 3.10. The molecule has 1 aromatic rings. The van der Waals surface area contributed by atoms with Crippen molar-refractivity contribution >= 4 is 18.3 Å². The molecule has 104 valence electrons. The Morgan fingerprint density at radius 2 is 2.05 bits per heavy atom. The number of halogens is 1. The van der Waals surface area contributed by atoms with Crippen molar-refractivity contribution in [3.63, 3.8) is 0 Å². The molecule has 0 aromatic heterocycles. The Labute approximate surface area is 120 Å². The fraction of sp³-hybridized carbons (Fsp3) is 0.533. The van der Waals surface area contributed by atoms with Gasteiger partial charge in [0.15, 0.2) is 0 Å². The van der Waals surface area contributed by atoms with Crippen molar-refractivity contribution in [3.8, 4) is 0 Å². The van der Waals surface area contributed by atoms with E-state index in [1.54, 1.807) is 0 Å². The molecule has 4 heteroatoms. The maximum Gasteiger partial charge on any atom is 0.224 e. The van der Waals surface area contributed by atoms with Gasteiger partial charge >= 0.3 is 0 Å². The maximum absolute atomic E-state index is 11.9. The molecule has 2 heterocycles. The van der Waals surface area contributed by atoms with Crippen molar-refractivity contribution in [3.05, 3.63) is 35.9 Å². The van der Waals surface area contributed by atoms with Gasteiger partial charge < -0.3 is 10.2 Å². The molecule has 19 heavy (non-hydrogen) atoms. The minimum Gasteiger partial charge on any atom is -0.338 e. The number of nitrogens with one attached hydrogen (secondary N) is 1. The molecule has 1 amide bonds. The minimum atomic E-state index is 0. The van der Waals surface area contributed by atoms with Gasteiger partial charge in [0.2, 0.25) is 5.91 Å². The van der Waals surface area contributed by atoms with Crippen LogP contribution in [0.4, 0.5) is 0 Å². The number of benzene rings is 1. The van der Waals surface area contributed by atoms with Crippen molar-refractivity contribution in [2.45, 2.75) is 37.8 Å². The van der Waals surface area contributed by atoms with E-state index in [1.165, 1.54) is 5.56 Å². The van der Waals surface area contributed by atoms with Gasteiger partial charge in [0.05, 0.1) is 0 Å². The second kappa shape index (κ2) is 6.40. The van der Waals surface area contributed by atoms with E-state index in [-0.39, 0.29) is 12.4 Å². The summed E-state index contributed by atoms with van der Waals surface area (Å²) >= 11 is 0. The van der Waals surface area contributed by atoms with Crippen LogP contribution in [0.2, 0.25) is 0 Å². The van der Waals surface area contributed by atoms with Gasteiger partial charge in [-0.3, -0.25) is 4.79 Å². The molecule has 3 nitrogen and oxygen atoms in total. The van der Waals surface area contributed by atoms with Gasteiger partial charge in [-0.05, 0) is 31.4 Å². The highest BCUT2D eigenvalue weighted by Crippen LogP contribution is 2.26. The van der Waals surface area contributed by atoms with E-state index in [4.69, 9.17) is 0 Å². The fourth-order valence-electron chi connectivity index (χ4n) is 3.21. The summed E-state index contributed by atoms with van der Waals surface area (Å²) < 4.78 is 0. The second-order valence-electron chi connectivity index (χ2n) is 5.30. The van der Waals surface area contributed by atoms with Crippen molar-refractivity contribution in [1.29, 1.82) is 0 Å². The summed E-state index contributed by atoms with van der Waals surface area (Å²) in [6.07, 6.45) is 3.96. The van der Waals surface area contributed by atoms with E-state index in [0.29, 0.717) is 24.4 Å². The number of carbonyl (C=O) groups is 1. The first-order valence-electron chi connectivity index (χ1n) is 6.91. The van der Waals surface area contributed by atoms with Crippen LogP contribution < -0.4 is 5.32 Å². The molecule has 3 rings (SSSR count). The molecule has 2 aliphatic heterocycles. The molecule has 0 radical (unpaired) electrons. The quantitative estimate of drug-likeness (QED) is 0.915. The molecule has 0 bridgehead atoms.